The molecule has 1 aliphatic rings. The van der Waals surface area contributed by atoms with E-state index in [2.05, 4.69) is 10.5 Å². The van der Waals surface area contributed by atoms with E-state index in [0.717, 1.165) is 33.5 Å². The van der Waals surface area contributed by atoms with E-state index in [-0.39, 0.29) is 18.1 Å². The van der Waals surface area contributed by atoms with Gasteiger partial charge in [0, 0.05) is 31.1 Å². The molecule has 0 spiro atoms. The van der Waals surface area contributed by atoms with Crippen molar-refractivity contribution in [2.45, 2.75) is 33.9 Å². The van der Waals surface area contributed by atoms with Crippen LogP contribution in [0, 0.1) is 26.2 Å². The number of aromatic nitrogens is 1. The Morgan fingerprint density at radius 1 is 1.25 bits per heavy atom. The highest BCUT2D eigenvalue weighted by atomic mass is 16.5. The van der Waals surface area contributed by atoms with Gasteiger partial charge >= 0.3 is 6.03 Å². The summed E-state index contributed by atoms with van der Waals surface area (Å²) in [5, 5.41) is 14.5. The van der Waals surface area contributed by atoms with E-state index in [9.17, 15) is 9.59 Å². The van der Waals surface area contributed by atoms with Crippen LogP contribution >= 0.6 is 0 Å². The molecule has 146 valence electrons. The monoisotopic (exact) mass is 381 g/mol. The zero-order valence-corrected chi connectivity index (χ0v) is 16.2. The lowest BCUT2D eigenvalue weighted by atomic mass is 10.1. The lowest BCUT2D eigenvalue weighted by Gasteiger charge is -2.17. The lowest BCUT2D eigenvalue weighted by molar-refractivity contribution is -0.123. The predicted molar refractivity (Wildman–Crippen MR) is 104 cm³/mol. The maximum absolute atomic E-state index is 12.7. The quantitative estimate of drug-likeness (QED) is 0.567. The van der Waals surface area contributed by atoms with Gasteiger partial charge in [0.15, 0.2) is 0 Å². The molecular formula is C20H23N5O3. The Hall–Kier alpha value is -3.42. The number of hydrogen-bond acceptors (Lipinski definition) is 6. The molecule has 8 heteroatoms. The van der Waals surface area contributed by atoms with Crippen molar-refractivity contribution in [1.29, 1.82) is 5.41 Å². The molecule has 0 atom stereocenters. The summed E-state index contributed by atoms with van der Waals surface area (Å²) in [5.41, 5.74) is 3.94. The number of benzene rings is 1. The summed E-state index contributed by atoms with van der Waals surface area (Å²) in [6.07, 6.45) is 2.48. The first-order valence-electron chi connectivity index (χ1n) is 8.94. The second-order valence-corrected chi connectivity index (χ2v) is 6.75. The normalized spacial score (nSPS) is 14.8. The Labute approximate surface area is 163 Å². The Balaban J connectivity index is 1.69. The number of urea groups is 1. The summed E-state index contributed by atoms with van der Waals surface area (Å²) in [4.78, 5) is 27.6. The van der Waals surface area contributed by atoms with Gasteiger partial charge < -0.3 is 20.1 Å². The van der Waals surface area contributed by atoms with E-state index < -0.39 is 6.03 Å². The largest absolute Gasteiger partial charge is 0.385 e. The average molecular weight is 381 g/mol. The molecule has 0 bridgehead atoms. The van der Waals surface area contributed by atoms with Crippen molar-refractivity contribution in [3.8, 4) is 0 Å². The first-order chi connectivity index (χ1) is 13.4. The fourth-order valence-corrected chi connectivity index (χ4v) is 3.02. The minimum atomic E-state index is -0.431. The van der Waals surface area contributed by atoms with Crippen LogP contribution in [0.2, 0.25) is 0 Å². The smallest absolute Gasteiger partial charge is 0.332 e. The Morgan fingerprint density at radius 3 is 2.57 bits per heavy atom. The van der Waals surface area contributed by atoms with Crippen molar-refractivity contribution in [1.82, 2.24) is 20.3 Å². The molecular weight excluding hydrogens is 358 g/mol. The highest BCUT2D eigenvalue weighted by Crippen LogP contribution is 2.19. The average Bonchev–Trinajstić information content (AvgIpc) is 3.13. The van der Waals surface area contributed by atoms with Gasteiger partial charge in [-0.15, -0.1) is 0 Å². The third kappa shape index (κ3) is 3.95. The molecule has 0 radical (unpaired) electrons. The van der Waals surface area contributed by atoms with E-state index in [1.807, 2.05) is 45.0 Å². The van der Waals surface area contributed by atoms with Gasteiger partial charge in [-0.3, -0.25) is 4.79 Å². The summed E-state index contributed by atoms with van der Waals surface area (Å²) in [6.45, 7) is 6.40. The SMILES string of the molecule is Cc1ccc(CN2CC(=O)N(/C(C=N)=C/NCc3c(C)noc3C)C2=O)cc1. The van der Waals surface area contributed by atoms with E-state index in [4.69, 9.17) is 9.93 Å². The minimum Gasteiger partial charge on any atom is -0.385 e. The van der Waals surface area contributed by atoms with Gasteiger partial charge in [0.1, 0.15) is 12.3 Å². The molecule has 8 nitrogen and oxygen atoms in total. The first-order valence-corrected chi connectivity index (χ1v) is 8.94. The van der Waals surface area contributed by atoms with Gasteiger partial charge in [-0.05, 0) is 26.3 Å². The summed E-state index contributed by atoms with van der Waals surface area (Å²) >= 11 is 0. The minimum absolute atomic E-state index is 0.0121. The van der Waals surface area contributed by atoms with Gasteiger partial charge in [0.05, 0.1) is 11.4 Å². The molecule has 1 aromatic carbocycles. The van der Waals surface area contributed by atoms with Crippen molar-refractivity contribution in [3.05, 3.63) is 64.3 Å². The summed E-state index contributed by atoms with van der Waals surface area (Å²) in [7, 11) is 0. The predicted octanol–water partition coefficient (Wildman–Crippen LogP) is 2.64. The molecule has 2 N–H and O–H groups in total. The molecule has 1 aliphatic heterocycles. The van der Waals surface area contributed by atoms with Crippen molar-refractivity contribution in [3.63, 3.8) is 0 Å². The summed E-state index contributed by atoms with van der Waals surface area (Å²) in [5.74, 6) is 0.346. The molecule has 0 saturated carbocycles. The maximum atomic E-state index is 12.7. The topological polar surface area (TPSA) is 103 Å². The van der Waals surface area contributed by atoms with Crippen LogP contribution in [0.25, 0.3) is 0 Å². The van der Waals surface area contributed by atoms with Crippen LogP contribution in [0.15, 0.2) is 40.7 Å². The number of nitrogens with one attached hydrogen (secondary N) is 2. The molecule has 1 aromatic heterocycles. The zero-order valence-electron chi connectivity index (χ0n) is 16.2. The van der Waals surface area contributed by atoms with Gasteiger partial charge in [0.2, 0.25) is 0 Å². The molecule has 0 unspecified atom stereocenters. The van der Waals surface area contributed by atoms with Crippen LogP contribution in [-0.4, -0.2) is 39.7 Å². The number of rotatable bonds is 7. The first kappa shape index (κ1) is 19.3. The van der Waals surface area contributed by atoms with Gasteiger partial charge in [-0.25, -0.2) is 9.69 Å². The Kier molecular flexibility index (Phi) is 5.58. The fraction of sp³-hybridized carbons (Fsp3) is 0.300. The number of imide groups is 1. The molecule has 3 amide bonds. The number of aryl methyl sites for hydroxylation is 3. The number of hydrogen-bond donors (Lipinski definition) is 2. The number of carbonyl (C=O) groups is 2. The summed E-state index contributed by atoms with van der Waals surface area (Å²) in [6, 6.07) is 7.38. The second kappa shape index (κ2) is 8.08. The van der Waals surface area contributed by atoms with Crippen LogP contribution in [0.5, 0.6) is 0 Å². The molecule has 3 rings (SSSR count). The standard InChI is InChI=1S/C20H23N5O3/c1-13-4-6-16(7-5-13)11-24-12-19(26)25(20(24)27)17(8-21)9-22-10-18-14(2)23-28-15(18)3/h4-9,21-22H,10-12H2,1-3H3/b17-9+,21-8?. The molecule has 0 aliphatic carbocycles. The van der Waals surface area contributed by atoms with Crippen molar-refractivity contribution in [2.75, 3.05) is 6.54 Å². The Bertz CT molecular complexity index is 910. The third-order valence-corrected chi connectivity index (χ3v) is 4.65. The van der Waals surface area contributed by atoms with E-state index in [1.165, 1.54) is 11.1 Å². The highest BCUT2D eigenvalue weighted by molar-refractivity contribution is 6.07. The highest BCUT2D eigenvalue weighted by Gasteiger charge is 2.37. The lowest BCUT2D eigenvalue weighted by Crippen LogP contribution is -2.33. The number of carbonyl (C=O) groups excluding carboxylic acids is 2. The van der Waals surface area contributed by atoms with Crippen LogP contribution in [0.4, 0.5) is 4.79 Å². The van der Waals surface area contributed by atoms with Crippen molar-refractivity contribution >= 4 is 18.2 Å². The second-order valence-electron chi connectivity index (χ2n) is 6.75. The fourth-order valence-electron chi connectivity index (χ4n) is 3.02. The number of nitrogens with zero attached hydrogens (tertiary/aromatic N) is 3. The van der Waals surface area contributed by atoms with E-state index in [0.29, 0.717) is 18.8 Å². The summed E-state index contributed by atoms with van der Waals surface area (Å²) < 4.78 is 5.11. The van der Waals surface area contributed by atoms with Gasteiger partial charge in [0.25, 0.3) is 5.91 Å². The number of amides is 3. The van der Waals surface area contributed by atoms with E-state index >= 15 is 0 Å². The van der Waals surface area contributed by atoms with Crippen LogP contribution in [-0.2, 0) is 17.9 Å². The van der Waals surface area contributed by atoms with Gasteiger partial charge in [-0.1, -0.05) is 35.0 Å². The molecule has 28 heavy (non-hydrogen) atoms. The van der Waals surface area contributed by atoms with Gasteiger partial charge in [-0.2, -0.15) is 0 Å². The third-order valence-electron chi connectivity index (χ3n) is 4.65. The van der Waals surface area contributed by atoms with E-state index in [1.54, 1.807) is 0 Å². The Morgan fingerprint density at radius 2 is 1.96 bits per heavy atom. The maximum Gasteiger partial charge on any atom is 0.332 e. The molecule has 2 heterocycles. The van der Waals surface area contributed by atoms with Crippen molar-refractivity contribution < 1.29 is 14.1 Å². The molecule has 1 saturated heterocycles. The number of allylic oxidation sites excluding steroid dienone is 1. The molecule has 1 fully saturated rings. The van der Waals surface area contributed by atoms with Crippen molar-refractivity contribution in [2.24, 2.45) is 0 Å². The molecule has 2 aromatic rings. The zero-order chi connectivity index (χ0) is 20.3. The van der Waals surface area contributed by atoms with Crippen LogP contribution in [0.3, 0.4) is 0 Å². The van der Waals surface area contributed by atoms with Crippen LogP contribution < -0.4 is 5.32 Å². The van der Waals surface area contributed by atoms with Crippen LogP contribution in [0.1, 0.15) is 28.1 Å².